The van der Waals surface area contributed by atoms with Crippen molar-refractivity contribution < 1.29 is 9.50 Å². The lowest BCUT2D eigenvalue weighted by atomic mass is 10.0. The fraction of sp³-hybridized carbons (Fsp3) is 0.294. The minimum absolute atomic E-state index is 0.0404. The Hall–Kier alpha value is -2.07. The van der Waals surface area contributed by atoms with Gasteiger partial charge in [0.1, 0.15) is 11.6 Å². The van der Waals surface area contributed by atoms with Crippen molar-refractivity contribution in [2.75, 3.05) is 18.0 Å². The first-order chi connectivity index (χ1) is 10.2. The third-order valence-corrected chi connectivity index (χ3v) is 4.05. The molecule has 3 nitrogen and oxygen atoms in total. The Balaban J connectivity index is 1.99. The van der Waals surface area contributed by atoms with Crippen molar-refractivity contribution in [3.63, 3.8) is 0 Å². The Kier molecular flexibility index (Phi) is 3.80. The maximum atomic E-state index is 14.1. The van der Waals surface area contributed by atoms with Crippen LogP contribution in [0.3, 0.4) is 0 Å². The molecule has 21 heavy (non-hydrogen) atoms. The van der Waals surface area contributed by atoms with Gasteiger partial charge in [-0.2, -0.15) is 0 Å². The smallest absolute Gasteiger partial charge is 0.132 e. The van der Waals surface area contributed by atoms with Crippen molar-refractivity contribution in [1.29, 1.82) is 0 Å². The van der Waals surface area contributed by atoms with Crippen molar-refractivity contribution in [3.05, 3.63) is 59.4 Å². The first kappa shape index (κ1) is 13.9. The number of benzene rings is 2. The van der Waals surface area contributed by atoms with E-state index in [4.69, 9.17) is 0 Å². The number of halogens is 1. The molecule has 1 aliphatic heterocycles. The third kappa shape index (κ3) is 2.72. The zero-order chi connectivity index (χ0) is 14.8. The Bertz CT molecular complexity index is 644. The van der Waals surface area contributed by atoms with Gasteiger partial charge in [-0.1, -0.05) is 24.3 Å². The van der Waals surface area contributed by atoms with Crippen molar-refractivity contribution in [2.24, 2.45) is 0 Å². The van der Waals surface area contributed by atoms with Gasteiger partial charge in [-0.25, -0.2) is 4.39 Å². The normalized spacial score (nSPS) is 16.2. The summed E-state index contributed by atoms with van der Waals surface area (Å²) < 4.78 is 14.1. The standard InChI is InChI=1S/C17H19FN2O/c1-12(15-7-6-14(21)10-16(15)18)20-9-8-19-11-13-4-2-3-5-17(13)20/h2-7,10,12,19,21H,8-9,11H2,1H3. The van der Waals surface area contributed by atoms with Gasteiger partial charge in [-0.15, -0.1) is 0 Å². The van der Waals surface area contributed by atoms with Gasteiger partial charge in [0.15, 0.2) is 0 Å². The molecule has 1 atom stereocenters. The second-order valence-corrected chi connectivity index (χ2v) is 5.38. The Morgan fingerprint density at radius 3 is 2.86 bits per heavy atom. The zero-order valence-electron chi connectivity index (χ0n) is 12.0. The van der Waals surface area contributed by atoms with Crippen LogP contribution in [0.5, 0.6) is 5.75 Å². The molecule has 3 rings (SSSR count). The Morgan fingerprint density at radius 1 is 1.24 bits per heavy atom. The van der Waals surface area contributed by atoms with E-state index in [2.05, 4.69) is 22.3 Å². The molecular formula is C17H19FN2O. The number of phenols is 1. The van der Waals surface area contributed by atoms with E-state index in [-0.39, 0.29) is 17.6 Å². The maximum absolute atomic E-state index is 14.1. The third-order valence-electron chi connectivity index (χ3n) is 4.05. The van der Waals surface area contributed by atoms with Crippen LogP contribution in [-0.2, 0) is 6.54 Å². The molecule has 1 heterocycles. The van der Waals surface area contributed by atoms with Gasteiger partial charge >= 0.3 is 0 Å². The highest BCUT2D eigenvalue weighted by Crippen LogP contribution is 2.32. The molecule has 0 fully saturated rings. The van der Waals surface area contributed by atoms with Crippen molar-refractivity contribution >= 4 is 5.69 Å². The summed E-state index contributed by atoms with van der Waals surface area (Å²) in [7, 11) is 0. The van der Waals surface area contributed by atoms with E-state index in [0.717, 1.165) is 25.3 Å². The maximum Gasteiger partial charge on any atom is 0.132 e. The highest BCUT2D eigenvalue weighted by atomic mass is 19.1. The molecule has 0 radical (unpaired) electrons. The molecule has 1 aliphatic rings. The summed E-state index contributed by atoms with van der Waals surface area (Å²) in [6.07, 6.45) is 0. The molecular weight excluding hydrogens is 267 g/mol. The van der Waals surface area contributed by atoms with E-state index in [9.17, 15) is 9.50 Å². The lowest BCUT2D eigenvalue weighted by Gasteiger charge is -2.31. The number of hydrogen-bond acceptors (Lipinski definition) is 3. The van der Waals surface area contributed by atoms with E-state index in [0.29, 0.717) is 5.56 Å². The SMILES string of the molecule is CC(c1ccc(O)cc1F)N1CCNCc2ccccc21. The summed E-state index contributed by atoms with van der Waals surface area (Å²) in [5.41, 5.74) is 2.97. The fourth-order valence-electron chi connectivity index (χ4n) is 2.91. The van der Waals surface area contributed by atoms with E-state index in [1.165, 1.54) is 17.7 Å². The van der Waals surface area contributed by atoms with Crippen LogP contribution in [-0.4, -0.2) is 18.2 Å². The number of para-hydroxylation sites is 1. The lowest BCUT2D eigenvalue weighted by Crippen LogP contribution is -2.31. The van der Waals surface area contributed by atoms with E-state index in [1.54, 1.807) is 6.07 Å². The van der Waals surface area contributed by atoms with Crippen molar-refractivity contribution in [1.82, 2.24) is 5.32 Å². The second kappa shape index (κ2) is 5.74. The van der Waals surface area contributed by atoms with E-state index in [1.807, 2.05) is 19.1 Å². The summed E-state index contributed by atoms with van der Waals surface area (Å²) >= 11 is 0. The molecule has 0 amide bonds. The average molecular weight is 286 g/mol. The summed E-state index contributed by atoms with van der Waals surface area (Å²) in [5.74, 6) is -0.404. The molecule has 0 aliphatic carbocycles. The highest BCUT2D eigenvalue weighted by molar-refractivity contribution is 5.56. The van der Waals surface area contributed by atoms with Gasteiger partial charge in [-0.05, 0) is 24.6 Å². The molecule has 0 saturated carbocycles. The predicted molar refractivity (Wildman–Crippen MR) is 82.0 cm³/mol. The monoisotopic (exact) mass is 286 g/mol. The number of anilines is 1. The van der Waals surface area contributed by atoms with Crippen LogP contribution in [0, 0.1) is 5.82 Å². The van der Waals surface area contributed by atoms with Crippen LogP contribution >= 0.6 is 0 Å². The molecule has 0 saturated heterocycles. The molecule has 1 unspecified atom stereocenters. The number of fused-ring (bicyclic) bond motifs is 1. The number of nitrogens with one attached hydrogen (secondary N) is 1. The van der Waals surface area contributed by atoms with Crippen LogP contribution in [0.2, 0.25) is 0 Å². The van der Waals surface area contributed by atoms with Gasteiger partial charge in [0.25, 0.3) is 0 Å². The fourth-order valence-corrected chi connectivity index (χ4v) is 2.91. The van der Waals surface area contributed by atoms with Gasteiger partial charge in [0.2, 0.25) is 0 Å². The molecule has 2 N–H and O–H groups in total. The van der Waals surface area contributed by atoms with Crippen LogP contribution in [0.1, 0.15) is 24.1 Å². The molecule has 4 heteroatoms. The predicted octanol–water partition coefficient (Wildman–Crippen LogP) is 3.20. The second-order valence-electron chi connectivity index (χ2n) is 5.38. The first-order valence-corrected chi connectivity index (χ1v) is 7.20. The number of phenolic OH excluding ortho intramolecular Hbond substituents is 1. The van der Waals surface area contributed by atoms with Crippen LogP contribution in [0.25, 0.3) is 0 Å². The number of hydrogen-bond donors (Lipinski definition) is 2. The molecule has 0 spiro atoms. The largest absolute Gasteiger partial charge is 0.508 e. The first-order valence-electron chi connectivity index (χ1n) is 7.20. The summed E-state index contributed by atoms with van der Waals surface area (Å²) in [5, 5.41) is 12.8. The van der Waals surface area contributed by atoms with E-state index >= 15 is 0 Å². The quantitative estimate of drug-likeness (QED) is 0.890. The minimum atomic E-state index is -0.364. The summed E-state index contributed by atoms with van der Waals surface area (Å²) in [6.45, 7) is 4.51. The number of rotatable bonds is 2. The van der Waals surface area contributed by atoms with Gasteiger partial charge in [-0.3, -0.25) is 0 Å². The van der Waals surface area contributed by atoms with Gasteiger partial charge in [0.05, 0.1) is 6.04 Å². The molecule has 110 valence electrons. The van der Waals surface area contributed by atoms with Gasteiger partial charge < -0.3 is 15.3 Å². The molecule has 0 aromatic heterocycles. The lowest BCUT2D eigenvalue weighted by molar-refractivity contribution is 0.466. The number of aromatic hydroxyl groups is 1. The van der Waals surface area contributed by atoms with Crippen LogP contribution in [0.4, 0.5) is 10.1 Å². The summed E-state index contributed by atoms with van der Waals surface area (Å²) in [4.78, 5) is 2.21. The zero-order valence-corrected chi connectivity index (χ0v) is 12.0. The van der Waals surface area contributed by atoms with Crippen LogP contribution in [0.15, 0.2) is 42.5 Å². The molecule has 0 bridgehead atoms. The van der Waals surface area contributed by atoms with Gasteiger partial charge in [0, 0.05) is 37.0 Å². The average Bonchev–Trinajstić information content (AvgIpc) is 2.69. The molecule has 2 aromatic carbocycles. The van der Waals surface area contributed by atoms with Crippen molar-refractivity contribution in [2.45, 2.75) is 19.5 Å². The molecule has 2 aromatic rings. The topological polar surface area (TPSA) is 35.5 Å². The van der Waals surface area contributed by atoms with Crippen molar-refractivity contribution in [3.8, 4) is 5.75 Å². The Labute approximate surface area is 124 Å². The van der Waals surface area contributed by atoms with E-state index < -0.39 is 0 Å². The Morgan fingerprint density at radius 2 is 2.05 bits per heavy atom. The number of nitrogens with zero attached hydrogens (tertiary/aromatic N) is 1. The van der Waals surface area contributed by atoms with Crippen LogP contribution < -0.4 is 10.2 Å². The highest BCUT2D eigenvalue weighted by Gasteiger charge is 2.22. The minimum Gasteiger partial charge on any atom is -0.508 e. The summed E-state index contributed by atoms with van der Waals surface area (Å²) in [6, 6.07) is 12.5.